The molecule has 0 aliphatic carbocycles. The van der Waals surface area contributed by atoms with Crippen molar-refractivity contribution in [3.05, 3.63) is 76.5 Å². The summed E-state index contributed by atoms with van der Waals surface area (Å²) in [5.74, 6) is 0.0407. The van der Waals surface area contributed by atoms with Crippen LogP contribution in [0.5, 0.6) is 0 Å². The third-order valence-electron chi connectivity index (χ3n) is 5.04. The van der Waals surface area contributed by atoms with Gasteiger partial charge in [-0.05, 0) is 42.0 Å². The zero-order valence-electron chi connectivity index (χ0n) is 14.8. The molecular formula is C22H22N2OS. The fraction of sp³-hybridized carbons (Fsp3) is 0.227. The number of anilines is 1. The van der Waals surface area contributed by atoms with Crippen molar-refractivity contribution in [2.75, 3.05) is 18.4 Å². The van der Waals surface area contributed by atoms with Crippen LogP contribution in [0.25, 0.3) is 11.1 Å². The molecule has 26 heavy (non-hydrogen) atoms. The standard InChI is InChI=1S/C22H22N2OS/c1-16-18-12-14-26-21(18)11-13-24(16)15-22(25)23-20-10-6-5-9-19(20)17-7-3-2-4-8-17/h2-10,12,14,16H,11,13,15H2,1H3,(H,23,25)/t16-/m0/s1. The van der Waals surface area contributed by atoms with Crippen LogP contribution >= 0.6 is 11.3 Å². The minimum absolute atomic E-state index is 0.0407. The summed E-state index contributed by atoms with van der Waals surface area (Å²) in [6, 6.07) is 20.6. The first-order chi connectivity index (χ1) is 12.7. The van der Waals surface area contributed by atoms with Gasteiger partial charge >= 0.3 is 0 Å². The zero-order chi connectivity index (χ0) is 17.9. The lowest BCUT2D eigenvalue weighted by atomic mass is 10.0. The van der Waals surface area contributed by atoms with Crippen LogP contribution in [-0.2, 0) is 11.2 Å². The summed E-state index contributed by atoms with van der Waals surface area (Å²) in [7, 11) is 0. The fourth-order valence-electron chi connectivity index (χ4n) is 3.61. The second kappa shape index (κ2) is 7.44. The number of fused-ring (bicyclic) bond motifs is 1. The second-order valence-electron chi connectivity index (χ2n) is 6.66. The third-order valence-corrected chi connectivity index (χ3v) is 6.03. The van der Waals surface area contributed by atoms with Crippen LogP contribution < -0.4 is 5.32 Å². The van der Waals surface area contributed by atoms with Crippen LogP contribution in [0.3, 0.4) is 0 Å². The first kappa shape index (κ1) is 17.0. The van der Waals surface area contributed by atoms with Gasteiger partial charge in [0.2, 0.25) is 5.91 Å². The lowest BCUT2D eigenvalue weighted by molar-refractivity contribution is -0.117. The maximum absolute atomic E-state index is 12.7. The predicted molar refractivity (Wildman–Crippen MR) is 109 cm³/mol. The van der Waals surface area contributed by atoms with Gasteiger partial charge in [-0.1, -0.05) is 48.5 Å². The van der Waals surface area contributed by atoms with Gasteiger partial charge in [0.15, 0.2) is 0 Å². The maximum Gasteiger partial charge on any atom is 0.238 e. The van der Waals surface area contributed by atoms with E-state index in [-0.39, 0.29) is 5.91 Å². The summed E-state index contributed by atoms with van der Waals surface area (Å²) < 4.78 is 0. The summed E-state index contributed by atoms with van der Waals surface area (Å²) in [4.78, 5) is 16.4. The van der Waals surface area contributed by atoms with Gasteiger partial charge in [-0.2, -0.15) is 0 Å². The van der Waals surface area contributed by atoms with E-state index >= 15 is 0 Å². The number of thiophene rings is 1. The lowest BCUT2D eigenvalue weighted by Crippen LogP contribution is -2.39. The molecule has 1 amide bonds. The number of nitrogens with one attached hydrogen (secondary N) is 1. The fourth-order valence-corrected chi connectivity index (χ4v) is 4.58. The first-order valence-corrected chi connectivity index (χ1v) is 9.85. The van der Waals surface area contributed by atoms with Crippen LogP contribution in [0.4, 0.5) is 5.69 Å². The molecular weight excluding hydrogens is 340 g/mol. The molecule has 4 rings (SSSR count). The number of amides is 1. The van der Waals surface area contributed by atoms with Crippen LogP contribution in [0.2, 0.25) is 0 Å². The minimum Gasteiger partial charge on any atom is -0.324 e. The molecule has 0 bridgehead atoms. The Morgan fingerprint density at radius 1 is 1.12 bits per heavy atom. The average Bonchev–Trinajstić information content (AvgIpc) is 3.15. The van der Waals surface area contributed by atoms with Gasteiger partial charge in [0.1, 0.15) is 0 Å². The lowest BCUT2D eigenvalue weighted by Gasteiger charge is -2.33. The molecule has 0 unspecified atom stereocenters. The molecule has 0 saturated heterocycles. The van der Waals surface area contributed by atoms with Gasteiger partial charge in [-0.3, -0.25) is 9.69 Å². The van der Waals surface area contributed by atoms with Crippen molar-refractivity contribution < 1.29 is 4.79 Å². The van der Waals surface area contributed by atoms with Gasteiger partial charge in [0.25, 0.3) is 0 Å². The van der Waals surface area contributed by atoms with E-state index in [4.69, 9.17) is 0 Å². The number of carbonyl (C=O) groups is 1. The normalized spacial score (nSPS) is 16.9. The third kappa shape index (κ3) is 3.43. The molecule has 0 radical (unpaired) electrons. The highest BCUT2D eigenvalue weighted by atomic mass is 32.1. The zero-order valence-corrected chi connectivity index (χ0v) is 15.6. The first-order valence-electron chi connectivity index (χ1n) is 8.97. The number of hydrogen-bond acceptors (Lipinski definition) is 3. The number of hydrogen-bond donors (Lipinski definition) is 1. The van der Waals surface area contributed by atoms with Crippen molar-refractivity contribution in [2.45, 2.75) is 19.4 Å². The molecule has 1 N–H and O–H groups in total. The van der Waals surface area contributed by atoms with Gasteiger partial charge in [-0.15, -0.1) is 11.3 Å². The molecule has 0 fully saturated rings. The van der Waals surface area contributed by atoms with E-state index in [9.17, 15) is 4.79 Å². The Hall–Kier alpha value is -2.43. The van der Waals surface area contributed by atoms with Crippen molar-refractivity contribution in [3.63, 3.8) is 0 Å². The molecule has 132 valence electrons. The Labute approximate surface area is 158 Å². The highest BCUT2D eigenvalue weighted by molar-refractivity contribution is 7.10. The predicted octanol–water partition coefficient (Wildman–Crippen LogP) is 4.97. The van der Waals surface area contributed by atoms with E-state index in [2.05, 4.69) is 40.7 Å². The summed E-state index contributed by atoms with van der Waals surface area (Å²) in [6.07, 6.45) is 1.03. The summed E-state index contributed by atoms with van der Waals surface area (Å²) in [5.41, 5.74) is 4.40. The number of para-hydroxylation sites is 1. The second-order valence-corrected chi connectivity index (χ2v) is 7.66. The summed E-state index contributed by atoms with van der Waals surface area (Å²) >= 11 is 1.83. The minimum atomic E-state index is 0.0407. The smallest absolute Gasteiger partial charge is 0.238 e. The monoisotopic (exact) mass is 362 g/mol. The van der Waals surface area contributed by atoms with E-state index in [1.165, 1.54) is 10.4 Å². The van der Waals surface area contributed by atoms with Crippen LogP contribution in [-0.4, -0.2) is 23.9 Å². The molecule has 1 atom stereocenters. The Balaban J connectivity index is 1.48. The highest BCUT2D eigenvalue weighted by Crippen LogP contribution is 2.33. The van der Waals surface area contributed by atoms with Gasteiger partial charge < -0.3 is 5.32 Å². The number of carbonyl (C=O) groups excluding carboxylic acids is 1. The maximum atomic E-state index is 12.7. The van der Waals surface area contributed by atoms with Crippen LogP contribution in [0, 0.1) is 0 Å². The largest absolute Gasteiger partial charge is 0.324 e. The van der Waals surface area contributed by atoms with Gasteiger partial charge in [0.05, 0.1) is 6.54 Å². The molecule has 3 nitrogen and oxygen atoms in total. The summed E-state index contributed by atoms with van der Waals surface area (Å²) in [5, 5.41) is 5.27. The molecule has 0 saturated carbocycles. The number of nitrogens with zero attached hydrogens (tertiary/aromatic N) is 1. The molecule has 1 aliphatic heterocycles. The van der Waals surface area contributed by atoms with Crippen LogP contribution in [0.1, 0.15) is 23.4 Å². The Morgan fingerprint density at radius 2 is 1.88 bits per heavy atom. The average molecular weight is 362 g/mol. The van der Waals surface area contributed by atoms with E-state index in [0.717, 1.165) is 29.8 Å². The Kier molecular flexibility index (Phi) is 4.87. The highest BCUT2D eigenvalue weighted by Gasteiger charge is 2.26. The number of rotatable bonds is 4. The summed E-state index contributed by atoms with van der Waals surface area (Å²) in [6.45, 7) is 3.54. The van der Waals surface area contributed by atoms with E-state index in [1.54, 1.807) is 0 Å². The molecule has 2 aromatic carbocycles. The van der Waals surface area contributed by atoms with E-state index < -0.39 is 0 Å². The van der Waals surface area contributed by atoms with E-state index in [0.29, 0.717) is 12.6 Å². The van der Waals surface area contributed by atoms with Crippen molar-refractivity contribution in [1.82, 2.24) is 4.90 Å². The number of benzene rings is 2. The molecule has 2 heterocycles. The van der Waals surface area contributed by atoms with Crippen molar-refractivity contribution >= 4 is 22.9 Å². The molecule has 1 aromatic heterocycles. The van der Waals surface area contributed by atoms with Gasteiger partial charge in [-0.25, -0.2) is 0 Å². The molecule has 4 heteroatoms. The van der Waals surface area contributed by atoms with Crippen molar-refractivity contribution in [1.29, 1.82) is 0 Å². The van der Waals surface area contributed by atoms with Crippen molar-refractivity contribution in [2.24, 2.45) is 0 Å². The topological polar surface area (TPSA) is 32.3 Å². The SMILES string of the molecule is C[C@H]1c2ccsc2CCN1CC(=O)Nc1ccccc1-c1ccccc1. The Bertz CT molecular complexity index is 903. The quantitative estimate of drug-likeness (QED) is 0.710. The molecule has 3 aromatic rings. The molecule has 1 aliphatic rings. The Morgan fingerprint density at radius 3 is 2.73 bits per heavy atom. The van der Waals surface area contributed by atoms with Crippen molar-refractivity contribution in [3.8, 4) is 11.1 Å². The van der Waals surface area contributed by atoms with E-state index in [1.807, 2.05) is 53.8 Å². The van der Waals surface area contributed by atoms with Gasteiger partial charge in [0, 0.05) is 28.7 Å². The van der Waals surface area contributed by atoms with Crippen LogP contribution in [0.15, 0.2) is 66.0 Å². The molecule has 0 spiro atoms.